The molecule has 0 aliphatic heterocycles. The van der Waals surface area contributed by atoms with E-state index in [0.717, 1.165) is 25.0 Å². The summed E-state index contributed by atoms with van der Waals surface area (Å²) in [6.07, 6.45) is 6.56. The monoisotopic (exact) mass is 275 g/mol. The molecule has 1 aromatic rings. The third-order valence-electron chi connectivity index (χ3n) is 4.36. The van der Waals surface area contributed by atoms with E-state index in [1.165, 1.54) is 24.8 Å². The molecule has 0 heterocycles. The first-order valence-corrected chi connectivity index (χ1v) is 7.55. The Labute approximate surface area is 121 Å². The summed E-state index contributed by atoms with van der Waals surface area (Å²) in [5.41, 5.74) is 1.08. The van der Waals surface area contributed by atoms with E-state index in [9.17, 15) is 4.79 Å². The third kappa shape index (κ3) is 3.75. The second-order valence-electron chi connectivity index (χ2n) is 5.98. The van der Waals surface area contributed by atoms with Crippen LogP contribution in [0.4, 0.5) is 0 Å². The molecule has 0 radical (unpaired) electrons. The van der Waals surface area contributed by atoms with Crippen molar-refractivity contribution in [2.75, 3.05) is 13.7 Å². The number of hydrogen-bond donors (Lipinski definition) is 1. The van der Waals surface area contributed by atoms with E-state index in [-0.39, 0.29) is 11.3 Å². The minimum Gasteiger partial charge on any atom is -0.497 e. The quantitative estimate of drug-likeness (QED) is 0.895. The summed E-state index contributed by atoms with van der Waals surface area (Å²) < 4.78 is 5.13. The van der Waals surface area contributed by atoms with Gasteiger partial charge in [-0.05, 0) is 37.0 Å². The number of carbonyl (C=O) groups is 1. The number of amides is 1. The fourth-order valence-corrected chi connectivity index (χ4v) is 2.89. The fourth-order valence-electron chi connectivity index (χ4n) is 2.89. The highest BCUT2D eigenvalue weighted by atomic mass is 16.5. The highest BCUT2D eigenvalue weighted by Crippen LogP contribution is 2.35. The lowest BCUT2D eigenvalue weighted by Crippen LogP contribution is -2.41. The lowest BCUT2D eigenvalue weighted by atomic mass is 9.75. The average molecular weight is 275 g/mol. The lowest BCUT2D eigenvalue weighted by molar-refractivity contribution is -0.131. The molecule has 0 spiro atoms. The first-order valence-electron chi connectivity index (χ1n) is 7.55. The second kappa shape index (κ2) is 6.78. The SMILES string of the molecule is COc1ccc(CCNC(=O)C2(C)CCCCC2)cc1. The smallest absolute Gasteiger partial charge is 0.225 e. The third-order valence-corrected chi connectivity index (χ3v) is 4.36. The van der Waals surface area contributed by atoms with Crippen LogP contribution in [0.15, 0.2) is 24.3 Å². The van der Waals surface area contributed by atoms with Crippen LogP contribution in [0.25, 0.3) is 0 Å². The van der Waals surface area contributed by atoms with Gasteiger partial charge in [-0.25, -0.2) is 0 Å². The molecule has 0 bridgehead atoms. The molecule has 1 aliphatic carbocycles. The van der Waals surface area contributed by atoms with Crippen LogP contribution in [0, 0.1) is 5.41 Å². The van der Waals surface area contributed by atoms with Gasteiger partial charge in [0.05, 0.1) is 7.11 Å². The molecule has 1 amide bonds. The Morgan fingerprint density at radius 2 is 1.85 bits per heavy atom. The summed E-state index contributed by atoms with van der Waals surface area (Å²) in [5, 5.41) is 3.10. The van der Waals surface area contributed by atoms with Crippen molar-refractivity contribution < 1.29 is 9.53 Å². The molecule has 0 unspecified atom stereocenters. The second-order valence-corrected chi connectivity index (χ2v) is 5.98. The highest BCUT2D eigenvalue weighted by Gasteiger charge is 2.33. The van der Waals surface area contributed by atoms with Gasteiger partial charge in [0.25, 0.3) is 0 Å². The molecule has 1 fully saturated rings. The predicted octanol–water partition coefficient (Wildman–Crippen LogP) is 3.32. The minimum absolute atomic E-state index is 0.141. The van der Waals surface area contributed by atoms with Crippen LogP contribution in [0.2, 0.25) is 0 Å². The van der Waals surface area contributed by atoms with E-state index in [1.807, 2.05) is 24.3 Å². The van der Waals surface area contributed by atoms with E-state index in [4.69, 9.17) is 4.74 Å². The zero-order valence-corrected chi connectivity index (χ0v) is 12.6. The summed E-state index contributed by atoms with van der Waals surface area (Å²) in [4.78, 5) is 12.3. The first kappa shape index (κ1) is 14.9. The number of nitrogens with one attached hydrogen (secondary N) is 1. The van der Waals surface area contributed by atoms with E-state index >= 15 is 0 Å². The average Bonchev–Trinajstić information content (AvgIpc) is 2.48. The predicted molar refractivity (Wildman–Crippen MR) is 80.9 cm³/mol. The Bertz CT molecular complexity index is 433. The molecule has 0 atom stereocenters. The van der Waals surface area contributed by atoms with Crippen molar-refractivity contribution in [1.82, 2.24) is 5.32 Å². The molecule has 0 aromatic heterocycles. The van der Waals surface area contributed by atoms with Crippen molar-refractivity contribution in [2.24, 2.45) is 5.41 Å². The molecule has 1 saturated carbocycles. The van der Waals surface area contributed by atoms with Crippen LogP contribution in [0.1, 0.15) is 44.6 Å². The van der Waals surface area contributed by atoms with Gasteiger partial charge in [-0.1, -0.05) is 38.3 Å². The van der Waals surface area contributed by atoms with Crippen molar-refractivity contribution in [3.63, 3.8) is 0 Å². The zero-order chi connectivity index (χ0) is 14.4. The number of benzene rings is 1. The van der Waals surface area contributed by atoms with Crippen molar-refractivity contribution in [3.05, 3.63) is 29.8 Å². The van der Waals surface area contributed by atoms with Crippen molar-refractivity contribution in [1.29, 1.82) is 0 Å². The maximum Gasteiger partial charge on any atom is 0.225 e. The Morgan fingerprint density at radius 1 is 1.20 bits per heavy atom. The van der Waals surface area contributed by atoms with Gasteiger partial charge in [-0.2, -0.15) is 0 Å². The lowest BCUT2D eigenvalue weighted by Gasteiger charge is -2.32. The summed E-state index contributed by atoms with van der Waals surface area (Å²) in [7, 11) is 1.67. The maximum atomic E-state index is 12.3. The summed E-state index contributed by atoms with van der Waals surface area (Å²) >= 11 is 0. The minimum atomic E-state index is -0.141. The molecule has 3 heteroatoms. The van der Waals surface area contributed by atoms with E-state index in [0.29, 0.717) is 6.54 Å². The molecule has 1 aromatic carbocycles. The van der Waals surface area contributed by atoms with Crippen molar-refractivity contribution in [3.8, 4) is 5.75 Å². The number of methoxy groups -OCH3 is 1. The molecule has 1 aliphatic rings. The highest BCUT2D eigenvalue weighted by molar-refractivity contribution is 5.82. The first-order chi connectivity index (χ1) is 9.64. The van der Waals surface area contributed by atoms with Crippen LogP contribution in [0.5, 0.6) is 5.75 Å². The Morgan fingerprint density at radius 3 is 2.45 bits per heavy atom. The topological polar surface area (TPSA) is 38.3 Å². The normalized spacial score (nSPS) is 17.5. The van der Waals surface area contributed by atoms with Crippen molar-refractivity contribution in [2.45, 2.75) is 45.4 Å². The van der Waals surface area contributed by atoms with E-state index < -0.39 is 0 Å². The largest absolute Gasteiger partial charge is 0.497 e. The number of rotatable bonds is 5. The zero-order valence-electron chi connectivity index (χ0n) is 12.6. The van der Waals surface area contributed by atoms with Crippen LogP contribution in [0.3, 0.4) is 0 Å². The van der Waals surface area contributed by atoms with Gasteiger partial charge >= 0.3 is 0 Å². The molecule has 1 N–H and O–H groups in total. The molecular weight excluding hydrogens is 250 g/mol. The molecule has 3 nitrogen and oxygen atoms in total. The fraction of sp³-hybridized carbons (Fsp3) is 0.588. The summed E-state index contributed by atoms with van der Waals surface area (Å²) in [6, 6.07) is 8.01. The van der Waals surface area contributed by atoms with E-state index in [1.54, 1.807) is 7.11 Å². The van der Waals surface area contributed by atoms with Gasteiger partial charge in [0.15, 0.2) is 0 Å². The number of carbonyl (C=O) groups excluding carboxylic acids is 1. The van der Waals surface area contributed by atoms with Crippen LogP contribution >= 0.6 is 0 Å². The van der Waals surface area contributed by atoms with Gasteiger partial charge in [0, 0.05) is 12.0 Å². The number of hydrogen-bond acceptors (Lipinski definition) is 2. The standard InChI is InChI=1S/C17H25NO2/c1-17(11-4-3-5-12-17)16(19)18-13-10-14-6-8-15(20-2)9-7-14/h6-9H,3-5,10-13H2,1-2H3,(H,18,19). The summed E-state index contributed by atoms with van der Waals surface area (Å²) in [6.45, 7) is 2.82. The van der Waals surface area contributed by atoms with Gasteiger partial charge in [0.2, 0.25) is 5.91 Å². The maximum absolute atomic E-state index is 12.3. The van der Waals surface area contributed by atoms with Crippen molar-refractivity contribution >= 4 is 5.91 Å². The van der Waals surface area contributed by atoms with Crippen LogP contribution in [-0.2, 0) is 11.2 Å². The van der Waals surface area contributed by atoms with Crippen LogP contribution < -0.4 is 10.1 Å². The van der Waals surface area contributed by atoms with Gasteiger partial charge in [0.1, 0.15) is 5.75 Å². The molecular formula is C17H25NO2. The number of ether oxygens (including phenoxy) is 1. The molecule has 110 valence electrons. The molecule has 2 rings (SSSR count). The van der Waals surface area contributed by atoms with Gasteiger partial charge < -0.3 is 10.1 Å². The van der Waals surface area contributed by atoms with Crippen LogP contribution in [-0.4, -0.2) is 19.6 Å². The van der Waals surface area contributed by atoms with Gasteiger partial charge in [-0.3, -0.25) is 4.79 Å². The summed E-state index contributed by atoms with van der Waals surface area (Å²) in [5.74, 6) is 1.10. The Balaban J connectivity index is 1.78. The van der Waals surface area contributed by atoms with E-state index in [2.05, 4.69) is 12.2 Å². The molecule has 0 saturated heterocycles. The molecule has 20 heavy (non-hydrogen) atoms. The Kier molecular flexibility index (Phi) is 5.05. The Hall–Kier alpha value is -1.51. The van der Waals surface area contributed by atoms with Gasteiger partial charge in [-0.15, -0.1) is 0 Å².